The first-order valence-corrected chi connectivity index (χ1v) is 9.40. The van der Waals surface area contributed by atoms with Gasteiger partial charge in [0, 0.05) is 18.0 Å². The Bertz CT molecular complexity index is 726. The van der Waals surface area contributed by atoms with Gasteiger partial charge in [0.2, 0.25) is 0 Å². The maximum Gasteiger partial charge on any atom is 0.178 e. The van der Waals surface area contributed by atoms with Crippen LogP contribution in [-0.4, -0.2) is 20.7 Å². The summed E-state index contributed by atoms with van der Waals surface area (Å²) < 4.78 is 24.5. The van der Waals surface area contributed by atoms with Crippen LogP contribution in [0.5, 0.6) is 0 Å². The molecule has 2 heterocycles. The minimum atomic E-state index is -3.19. The highest BCUT2D eigenvalue weighted by atomic mass is 32.2. The van der Waals surface area contributed by atoms with Crippen LogP contribution in [-0.2, 0) is 21.9 Å². The van der Waals surface area contributed by atoms with Crippen LogP contribution in [0.4, 0.5) is 0 Å². The number of nitrogens with one attached hydrogen (secondary N) is 1. The largest absolute Gasteiger partial charge is 0.328 e. The topological polar surface area (TPSA) is 72.2 Å². The summed E-state index contributed by atoms with van der Waals surface area (Å²) in [7, 11) is -3.19. The van der Waals surface area contributed by atoms with Crippen LogP contribution in [0, 0.1) is 0 Å². The van der Waals surface area contributed by atoms with Crippen molar-refractivity contribution in [2.75, 3.05) is 12.3 Å². The van der Waals surface area contributed by atoms with E-state index in [-0.39, 0.29) is 5.75 Å². The minimum absolute atomic E-state index is 0.138. The Balaban J connectivity index is 1.98. The summed E-state index contributed by atoms with van der Waals surface area (Å²) in [5, 5.41) is 5.54. The van der Waals surface area contributed by atoms with Crippen molar-refractivity contribution in [1.82, 2.24) is 5.32 Å². The fourth-order valence-electron chi connectivity index (χ4n) is 2.82. The molecule has 0 radical (unpaired) electrons. The Morgan fingerprint density at radius 3 is 2.76 bits per heavy atom. The standard InChI is InChI=1S/C15H18N2O2S2/c16-11-15(17-10-12-4-3-8-20-12)7-9-21(18,19)14-6-2-1-5-13(14)15/h1-6,8,17H,7,9-11,16H2. The second kappa shape index (κ2) is 5.53. The van der Waals surface area contributed by atoms with Crippen LogP contribution in [0.25, 0.3) is 0 Å². The first-order valence-electron chi connectivity index (χ1n) is 6.87. The molecule has 1 aliphatic rings. The van der Waals surface area contributed by atoms with Crippen LogP contribution >= 0.6 is 11.3 Å². The molecule has 0 saturated carbocycles. The van der Waals surface area contributed by atoms with Crippen molar-refractivity contribution >= 4 is 21.2 Å². The fraction of sp³-hybridized carbons (Fsp3) is 0.333. The van der Waals surface area contributed by atoms with Crippen LogP contribution in [0.1, 0.15) is 16.9 Å². The van der Waals surface area contributed by atoms with Gasteiger partial charge in [-0.15, -0.1) is 11.3 Å². The minimum Gasteiger partial charge on any atom is -0.328 e. The van der Waals surface area contributed by atoms with Gasteiger partial charge in [-0.2, -0.15) is 0 Å². The molecule has 0 fully saturated rings. The molecule has 6 heteroatoms. The molecule has 1 aromatic carbocycles. The summed E-state index contributed by atoms with van der Waals surface area (Å²) in [6, 6.07) is 11.3. The highest BCUT2D eigenvalue weighted by molar-refractivity contribution is 7.91. The molecule has 1 aliphatic heterocycles. The quantitative estimate of drug-likeness (QED) is 0.901. The zero-order chi connectivity index (χ0) is 14.9. The summed E-state index contributed by atoms with van der Waals surface area (Å²) >= 11 is 1.68. The lowest BCUT2D eigenvalue weighted by Crippen LogP contribution is -2.51. The van der Waals surface area contributed by atoms with E-state index in [9.17, 15) is 8.42 Å². The monoisotopic (exact) mass is 322 g/mol. The maximum atomic E-state index is 12.2. The summed E-state index contributed by atoms with van der Waals surface area (Å²) in [5.41, 5.74) is 6.36. The summed E-state index contributed by atoms with van der Waals surface area (Å²) in [6.07, 6.45) is 0.508. The third kappa shape index (κ3) is 2.64. The zero-order valence-corrected chi connectivity index (χ0v) is 13.2. The van der Waals surface area contributed by atoms with Crippen molar-refractivity contribution < 1.29 is 8.42 Å². The molecular weight excluding hydrogens is 304 g/mol. The number of hydrogen-bond acceptors (Lipinski definition) is 5. The van der Waals surface area contributed by atoms with Gasteiger partial charge in [0.25, 0.3) is 0 Å². The first kappa shape index (κ1) is 14.7. The molecule has 0 aliphatic carbocycles. The molecule has 1 atom stereocenters. The lowest BCUT2D eigenvalue weighted by Gasteiger charge is -2.38. The number of fused-ring (bicyclic) bond motifs is 1. The SMILES string of the molecule is NCC1(NCc2cccs2)CCS(=O)(=O)c2ccccc21. The van der Waals surface area contributed by atoms with E-state index >= 15 is 0 Å². The maximum absolute atomic E-state index is 12.2. The molecule has 2 aromatic rings. The molecule has 1 aromatic heterocycles. The van der Waals surface area contributed by atoms with Gasteiger partial charge >= 0.3 is 0 Å². The Kier molecular flexibility index (Phi) is 3.88. The number of nitrogens with two attached hydrogens (primary N) is 1. The van der Waals surface area contributed by atoms with Crippen molar-refractivity contribution in [3.8, 4) is 0 Å². The third-order valence-corrected chi connectivity index (χ3v) is 6.71. The predicted molar refractivity (Wildman–Crippen MR) is 85.0 cm³/mol. The Labute approximate surface area is 128 Å². The average molecular weight is 322 g/mol. The highest BCUT2D eigenvalue weighted by Gasteiger charge is 2.40. The van der Waals surface area contributed by atoms with Crippen molar-refractivity contribution in [1.29, 1.82) is 0 Å². The summed E-state index contributed by atoms with van der Waals surface area (Å²) in [4.78, 5) is 1.63. The lowest BCUT2D eigenvalue weighted by atomic mass is 9.86. The van der Waals surface area contributed by atoms with Crippen LogP contribution < -0.4 is 11.1 Å². The average Bonchev–Trinajstić information content (AvgIpc) is 3.01. The van der Waals surface area contributed by atoms with Crippen LogP contribution in [0.15, 0.2) is 46.7 Å². The number of rotatable bonds is 4. The van der Waals surface area contributed by atoms with E-state index in [4.69, 9.17) is 5.73 Å². The van der Waals surface area contributed by atoms with Crippen molar-refractivity contribution in [3.05, 3.63) is 52.2 Å². The van der Waals surface area contributed by atoms with E-state index in [1.54, 1.807) is 23.5 Å². The van der Waals surface area contributed by atoms with Crippen molar-refractivity contribution in [2.45, 2.75) is 23.4 Å². The molecule has 1 unspecified atom stereocenters. The molecule has 4 nitrogen and oxygen atoms in total. The summed E-state index contributed by atoms with van der Waals surface area (Å²) in [6.45, 7) is 1.08. The van der Waals surface area contributed by atoms with Gasteiger partial charge in [-0.1, -0.05) is 24.3 Å². The van der Waals surface area contributed by atoms with E-state index in [2.05, 4.69) is 11.4 Å². The van der Waals surface area contributed by atoms with Crippen LogP contribution in [0.3, 0.4) is 0 Å². The highest BCUT2D eigenvalue weighted by Crippen LogP contribution is 2.36. The van der Waals surface area contributed by atoms with E-state index in [0.29, 0.717) is 24.4 Å². The molecule has 112 valence electrons. The fourth-order valence-corrected chi connectivity index (χ4v) is 5.19. The molecule has 0 saturated heterocycles. The van der Waals surface area contributed by atoms with Crippen molar-refractivity contribution in [2.24, 2.45) is 5.73 Å². The second-order valence-electron chi connectivity index (χ2n) is 5.28. The summed E-state index contributed by atoms with van der Waals surface area (Å²) in [5.74, 6) is 0.138. The number of benzene rings is 1. The molecule has 21 heavy (non-hydrogen) atoms. The van der Waals surface area contributed by atoms with Crippen molar-refractivity contribution in [3.63, 3.8) is 0 Å². The molecular formula is C15H18N2O2S2. The molecule has 3 rings (SSSR count). The van der Waals surface area contributed by atoms with Gasteiger partial charge in [0.1, 0.15) is 0 Å². The Morgan fingerprint density at radius 1 is 1.24 bits per heavy atom. The van der Waals surface area contributed by atoms with E-state index in [1.807, 2.05) is 23.6 Å². The van der Waals surface area contributed by atoms with Gasteiger partial charge in [-0.05, 0) is 29.5 Å². The second-order valence-corrected chi connectivity index (χ2v) is 8.39. The van der Waals surface area contributed by atoms with E-state index in [0.717, 1.165) is 5.56 Å². The lowest BCUT2D eigenvalue weighted by molar-refractivity contribution is 0.316. The Morgan fingerprint density at radius 2 is 2.05 bits per heavy atom. The number of hydrogen-bond donors (Lipinski definition) is 2. The first-order chi connectivity index (χ1) is 10.1. The smallest absolute Gasteiger partial charge is 0.178 e. The predicted octanol–water partition coefficient (Wildman–Crippen LogP) is 1.87. The Hall–Kier alpha value is -1.21. The van der Waals surface area contributed by atoms with Gasteiger partial charge in [-0.25, -0.2) is 8.42 Å². The third-order valence-electron chi connectivity index (χ3n) is 4.06. The molecule has 3 N–H and O–H groups in total. The molecule has 0 spiro atoms. The van der Waals surface area contributed by atoms with Gasteiger partial charge in [-0.3, -0.25) is 0 Å². The molecule has 0 bridgehead atoms. The zero-order valence-electron chi connectivity index (χ0n) is 11.6. The number of sulfone groups is 1. The number of thiophene rings is 1. The van der Waals surface area contributed by atoms with E-state index in [1.165, 1.54) is 4.88 Å². The normalized spacial score (nSPS) is 23.7. The van der Waals surface area contributed by atoms with Gasteiger partial charge < -0.3 is 11.1 Å². The van der Waals surface area contributed by atoms with Gasteiger partial charge in [0.15, 0.2) is 9.84 Å². The van der Waals surface area contributed by atoms with E-state index < -0.39 is 15.4 Å². The van der Waals surface area contributed by atoms with Crippen LogP contribution in [0.2, 0.25) is 0 Å². The molecule has 0 amide bonds. The van der Waals surface area contributed by atoms with Gasteiger partial charge in [0.05, 0.1) is 16.2 Å².